The molecule has 0 aliphatic carbocycles. The largest absolute Gasteiger partial charge is 0.421 e. The molecule has 4 aromatic rings. The molecule has 0 saturated carbocycles. The molecule has 4 rings (SSSR count). The van der Waals surface area contributed by atoms with E-state index in [-0.39, 0.29) is 23.7 Å². The van der Waals surface area contributed by atoms with E-state index in [1.165, 1.54) is 17.8 Å². The standard InChI is InChI=1S/C18H14F3N5O2/c1-10-5-6-13-11(8-10)15(27)24(2)17-23-22-14(26(13)17)9-25-7-3-4-12(16(25)28)18(19,20)21/h3-8H,9H2,1-2H3. The molecular weight excluding hydrogens is 375 g/mol. The van der Waals surface area contributed by atoms with Gasteiger partial charge in [0.15, 0.2) is 5.82 Å². The van der Waals surface area contributed by atoms with Crippen LogP contribution in [0, 0.1) is 6.92 Å². The highest BCUT2D eigenvalue weighted by molar-refractivity contribution is 5.81. The van der Waals surface area contributed by atoms with Gasteiger partial charge in [-0.3, -0.25) is 18.6 Å². The van der Waals surface area contributed by atoms with Gasteiger partial charge in [-0.25, -0.2) is 0 Å². The van der Waals surface area contributed by atoms with Crippen molar-refractivity contribution in [2.75, 3.05) is 0 Å². The predicted octanol–water partition coefficient (Wildman–Crippen LogP) is 2.12. The Labute approximate surface area is 155 Å². The molecule has 0 unspecified atom stereocenters. The lowest BCUT2D eigenvalue weighted by atomic mass is 10.1. The third-order valence-electron chi connectivity index (χ3n) is 4.58. The van der Waals surface area contributed by atoms with Crippen molar-refractivity contribution in [1.82, 2.24) is 23.7 Å². The van der Waals surface area contributed by atoms with Gasteiger partial charge in [0.1, 0.15) is 5.56 Å². The Morgan fingerprint density at radius 3 is 2.54 bits per heavy atom. The highest BCUT2D eigenvalue weighted by Gasteiger charge is 2.34. The van der Waals surface area contributed by atoms with Crippen LogP contribution in [0.2, 0.25) is 0 Å². The Balaban J connectivity index is 1.96. The maximum atomic E-state index is 13.0. The van der Waals surface area contributed by atoms with Crippen LogP contribution in [0.25, 0.3) is 16.7 Å². The predicted molar refractivity (Wildman–Crippen MR) is 95.3 cm³/mol. The molecule has 3 aromatic heterocycles. The van der Waals surface area contributed by atoms with E-state index >= 15 is 0 Å². The molecule has 0 spiro atoms. The quantitative estimate of drug-likeness (QED) is 0.526. The minimum Gasteiger partial charge on any atom is -0.307 e. The molecular formula is C18H14F3N5O2. The fourth-order valence-corrected chi connectivity index (χ4v) is 3.19. The maximum Gasteiger partial charge on any atom is 0.421 e. The number of nitrogens with zero attached hydrogens (tertiary/aromatic N) is 5. The number of alkyl halides is 3. The van der Waals surface area contributed by atoms with Crippen LogP contribution in [0.5, 0.6) is 0 Å². The summed E-state index contributed by atoms with van der Waals surface area (Å²) < 4.78 is 42.9. The van der Waals surface area contributed by atoms with Gasteiger partial charge in [-0.2, -0.15) is 13.2 Å². The third-order valence-corrected chi connectivity index (χ3v) is 4.58. The molecule has 1 aromatic carbocycles. The lowest BCUT2D eigenvalue weighted by molar-refractivity contribution is -0.138. The number of halogens is 3. The summed E-state index contributed by atoms with van der Waals surface area (Å²) in [6.45, 7) is 1.61. The molecule has 0 aliphatic heterocycles. The first kappa shape index (κ1) is 18.0. The number of aryl methyl sites for hydroxylation is 2. The zero-order valence-corrected chi connectivity index (χ0v) is 14.9. The second-order valence-corrected chi connectivity index (χ2v) is 6.49. The number of hydrogen-bond acceptors (Lipinski definition) is 4. The van der Waals surface area contributed by atoms with E-state index in [4.69, 9.17) is 0 Å². The van der Waals surface area contributed by atoms with E-state index in [1.807, 2.05) is 6.92 Å². The summed E-state index contributed by atoms with van der Waals surface area (Å²) >= 11 is 0. The molecule has 0 aliphatic rings. The number of rotatable bonds is 2. The third kappa shape index (κ3) is 2.68. The highest BCUT2D eigenvalue weighted by Crippen LogP contribution is 2.26. The number of pyridine rings is 1. The summed E-state index contributed by atoms with van der Waals surface area (Å²) in [7, 11) is 1.54. The van der Waals surface area contributed by atoms with Gasteiger partial charge in [-0.15, -0.1) is 10.2 Å². The van der Waals surface area contributed by atoms with E-state index in [9.17, 15) is 22.8 Å². The summed E-state index contributed by atoms with van der Waals surface area (Å²) in [5, 5.41) is 8.42. The average molecular weight is 389 g/mol. The monoisotopic (exact) mass is 389 g/mol. The lowest BCUT2D eigenvalue weighted by Gasteiger charge is -2.11. The van der Waals surface area contributed by atoms with Gasteiger partial charge in [0.2, 0.25) is 5.78 Å². The fraction of sp³-hybridized carbons (Fsp3) is 0.222. The van der Waals surface area contributed by atoms with Gasteiger partial charge in [0, 0.05) is 13.2 Å². The normalized spacial score (nSPS) is 12.2. The molecule has 0 N–H and O–H groups in total. The Bertz CT molecular complexity index is 1350. The molecule has 0 radical (unpaired) electrons. The first-order valence-electron chi connectivity index (χ1n) is 8.28. The van der Waals surface area contributed by atoms with Crippen LogP contribution in [0.1, 0.15) is 17.0 Å². The van der Waals surface area contributed by atoms with Gasteiger partial charge in [-0.1, -0.05) is 11.6 Å². The van der Waals surface area contributed by atoms with Crippen LogP contribution < -0.4 is 11.1 Å². The summed E-state index contributed by atoms with van der Waals surface area (Å²) in [5.41, 5.74) is -1.29. The van der Waals surface area contributed by atoms with Gasteiger partial charge in [0.25, 0.3) is 11.1 Å². The van der Waals surface area contributed by atoms with E-state index in [1.54, 1.807) is 22.6 Å². The van der Waals surface area contributed by atoms with Crippen molar-refractivity contribution >= 4 is 16.7 Å². The van der Waals surface area contributed by atoms with Crippen LogP contribution in [-0.2, 0) is 19.8 Å². The first-order chi connectivity index (χ1) is 13.2. The second-order valence-electron chi connectivity index (χ2n) is 6.49. The van der Waals surface area contributed by atoms with Crippen LogP contribution in [0.15, 0.2) is 46.1 Å². The van der Waals surface area contributed by atoms with Crippen molar-refractivity contribution in [3.63, 3.8) is 0 Å². The number of benzene rings is 1. The van der Waals surface area contributed by atoms with E-state index < -0.39 is 17.3 Å². The van der Waals surface area contributed by atoms with Crippen molar-refractivity contribution in [2.24, 2.45) is 7.05 Å². The van der Waals surface area contributed by atoms with Crippen LogP contribution in [0.3, 0.4) is 0 Å². The van der Waals surface area contributed by atoms with Crippen molar-refractivity contribution in [3.05, 3.63) is 74.2 Å². The smallest absolute Gasteiger partial charge is 0.307 e. The Kier molecular flexibility index (Phi) is 3.88. The van der Waals surface area contributed by atoms with Crippen molar-refractivity contribution in [1.29, 1.82) is 0 Å². The molecule has 144 valence electrons. The van der Waals surface area contributed by atoms with Crippen molar-refractivity contribution in [3.8, 4) is 0 Å². The zero-order valence-electron chi connectivity index (χ0n) is 14.9. The second kappa shape index (κ2) is 6.04. The lowest BCUT2D eigenvalue weighted by Crippen LogP contribution is -2.29. The summed E-state index contributed by atoms with van der Waals surface area (Å²) in [4.78, 5) is 24.8. The van der Waals surface area contributed by atoms with Gasteiger partial charge in [0.05, 0.1) is 17.4 Å². The molecule has 10 heteroatoms. The Morgan fingerprint density at radius 2 is 1.82 bits per heavy atom. The molecule has 3 heterocycles. The molecule has 0 bridgehead atoms. The maximum absolute atomic E-state index is 13.0. The average Bonchev–Trinajstić information content (AvgIpc) is 3.04. The molecule has 7 nitrogen and oxygen atoms in total. The summed E-state index contributed by atoms with van der Waals surface area (Å²) in [6, 6.07) is 7.15. The van der Waals surface area contributed by atoms with E-state index in [2.05, 4.69) is 10.2 Å². The Hall–Kier alpha value is -3.43. The van der Waals surface area contributed by atoms with Gasteiger partial charge >= 0.3 is 6.18 Å². The number of aromatic nitrogens is 5. The van der Waals surface area contributed by atoms with Crippen molar-refractivity contribution in [2.45, 2.75) is 19.6 Å². The minimum absolute atomic E-state index is 0.231. The van der Waals surface area contributed by atoms with Crippen LogP contribution in [0.4, 0.5) is 13.2 Å². The topological polar surface area (TPSA) is 74.2 Å². The summed E-state index contributed by atoms with van der Waals surface area (Å²) in [5.74, 6) is 0.470. The number of fused-ring (bicyclic) bond motifs is 3. The molecule has 0 atom stereocenters. The van der Waals surface area contributed by atoms with Crippen LogP contribution in [-0.4, -0.2) is 23.7 Å². The van der Waals surface area contributed by atoms with E-state index in [0.717, 1.165) is 22.3 Å². The first-order valence-corrected chi connectivity index (χ1v) is 8.28. The molecule has 0 saturated heterocycles. The highest BCUT2D eigenvalue weighted by atomic mass is 19.4. The Morgan fingerprint density at radius 1 is 1.07 bits per heavy atom. The van der Waals surface area contributed by atoms with Gasteiger partial charge in [-0.05, 0) is 31.2 Å². The SMILES string of the molecule is Cc1ccc2c(c1)c(=O)n(C)c1nnc(Cn3cccc(C(F)(F)F)c3=O)n21. The van der Waals surface area contributed by atoms with Crippen LogP contribution >= 0.6 is 0 Å². The molecule has 0 fully saturated rings. The zero-order chi connectivity index (χ0) is 20.2. The summed E-state index contributed by atoms with van der Waals surface area (Å²) in [6.07, 6.45) is -3.49. The number of hydrogen-bond donors (Lipinski definition) is 0. The minimum atomic E-state index is -4.75. The van der Waals surface area contributed by atoms with Gasteiger partial charge < -0.3 is 4.57 Å². The van der Waals surface area contributed by atoms with E-state index in [0.29, 0.717) is 10.9 Å². The van der Waals surface area contributed by atoms with Crippen molar-refractivity contribution < 1.29 is 13.2 Å². The molecule has 0 amide bonds. The fourth-order valence-electron chi connectivity index (χ4n) is 3.19. The molecule has 28 heavy (non-hydrogen) atoms.